The molecule has 0 spiro atoms. The fraction of sp³-hybridized carbons (Fsp3) is 1.00. The molecule has 1 N–H and O–H groups in total. The molecule has 0 radical (unpaired) electrons. The van der Waals surface area contributed by atoms with E-state index < -0.39 is 6.17 Å². The lowest BCUT2D eigenvalue weighted by molar-refractivity contribution is 0.169. The highest BCUT2D eigenvalue weighted by Crippen LogP contribution is 2.21. The van der Waals surface area contributed by atoms with Crippen molar-refractivity contribution in [3.63, 3.8) is 0 Å². The molecule has 2 nitrogen and oxygen atoms in total. The summed E-state index contributed by atoms with van der Waals surface area (Å²) >= 11 is 0. The average Bonchev–Trinajstić information content (AvgIpc) is 2.69. The Kier molecular flexibility index (Phi) is 3.76. The molecule has 1 unspecified atom stereocenters. The third-order valence-electron chi connectivity index (χ3n) is 3.37. The molecule has 0 aromatic carbocycles. The van der Waals surface area contributed by atoms with Crippen molar-refractivity contribution in [2.45, 2.75) is 44.3 Å². The Morgan fingerprint density at radius 2 is 2.07 bits per heavy atom. The van der Waals surface area contributed by atoms with Gasteiger partial charge in [0.15, 0.2) is 0 Å². The van der Waals surface area contributed by atoms with Crippen LogP contribution in [-0.4, -0.2) is 32.0 Å². The summed E-state index contributed by atoms with van der Waals surface area (Å²) in [7, 11) is 0. The first kappa shape index (κ1) is 10.4. The smallest absolute Gasteiger partial charge is 0.115 e. The summed E-state index contributed by atoms with van der Waals surface area (Å²) in [6, 6.07) is 0.115. The molecule has 0 aromatic heterocycles. The van der Waals surface area contributed by atoms with Gasteiger partial charge in [-0.05, 0) is 25.2 Å². The molecule has 3 heteroatoms. The molecule has 1 aliphatic heterocycles. The van der Waals surface area contributed by atoms with Crippen molar-refractivity contribution in [3.8, 4) is 0 Å². The lowest BCUT2D eigenvalue weighted by atomic mass is 9.93. The average molecular weight is 201 g/mol. The molecule has 1 saturated carbocycles. The van der Waals surface area contributed by atoms with Gasteiger partial charge in [0, 0.05) is 19.2 Å². The van der Waals surface area contributed by atoms with Gasteiger partial charge in [0.2, 0.25) is 0 Å². The van der Waals surface area contributed by atoms with Crippen molar-refractivity contribution in [2.75, 3.05) is 19.8 Å². The minimum Gasteiger partial charge on any atom is -0.381 e. The van der Waals surface area contributed by atoms with E-state index in [4.69, 9.17) is 4.74 Å². The van der Waals surface area contributed by atoms with E-state index in [2.05, 4.69) is 5.32 Å². The topological polar surface area (TPSA) is 21.3 Å². The Labute approximate surface area is 85.2 Å². The predicted molar refractivity (Wildman–Crippen MR) is 54.1 cm³/mol. The van der Waals surface area contributed by atoms with Crippen molar-refractivity contribution >= 4 is 0 Å². The van der Waals surface area contributed by atoms with E-state index in [0.717, 1.165) is 45.4 Å². The van der Waals surface area contributed by atoms with Crippen LogP contribution in [0.4, 0.5) is 4.39 Å². The first-order valence-electron chi connectivity index (χ1n) is 5.81. The zero-order valence-corrected chi connectivity index (χ0v) is 8.68. The Balaban J connectivity index is 1.67. The fourth-order valence-corrected chi connectivity index (χ4v) is 2.38. The SMILES string of the molecule is F[C@@H]1CCCC[C@H]1NCC1CCOC1. The first-order chi connectivity index (χ1) is 6.86. The number of hydrogen-bond acceptors (Lipinski definition) is 2. The van der Waals surface area contributed by atoms with Crippen LogP contribution in [0.2, 0.25) is 0 Å². The zero-order valence-electron chi connectivity index (χ0n) is 8.68. The lowest BCUT2D eigenvalue weighted by Gasteiger charge is -2.27. The zero-order chi connectivity index (χ0) is 9.80. The molecule has 14 heavy (non-hydrogen) atoms. The van der Waals surface area contributed by atoms with Gasteiger partial charge in [-0.25, -0.2) is 4.39 Å². The minimum absolute atomic E-state index is 0.115. The van der Waals surface area contributed by atoms with E-state index >= 15 is 0 Å². The summed E-state index contributed by atoms with van der Waals surface area (Å²) in [5, 5.41) is 3.36. The molecule has 1 saturated heterocycles. The Hall–Kier alpha value is -0.150. The van der Waals surface area contributed by atoms with Gasteiger partial charge in [0.05, 0.1) is 6.61 Å². The summed E-state index contributed by atoms with van der Waals surface area (Å²) < 4.78 is 18.7. The Morgan fingerprint density at radius 3 is 2.79 bits per heavy atom. The van der Waals surface area contributed by atoms with Crippen LogP contribution in [0.25, 0.3) is 0 Å². The monoisotopic (exact) mass is 201 g/mol. The van der Waals surface area contributed by atoms with Crippen molar-refractivity contribution < 1.29 is 9.13 Å². The molecule has 2 fully saturated rings. The highest BCUT2D eigenvalue weighted by molar-refractivity contribution is 4.82. The quantitative estimate of drug-likeness (QED) is 0.753. The predicted octanol–water partition coefficient (Wildman–Crippen LogP) is 1.89. The van der Waals surface area contributed by atoms with E-state index in [-0.39, 0.29) is 6.04 Å². The van der Waals surface area contributed by atoms with E-state index in [9.17, 15) is 4.39 Å². The summed E-state index contributed by atoms with van der Waals surface area (Å²) in [5.74, 6) is 0.615. The highest BCUT2D eigenvalue weighted by Gasteiger charge is 2.25. The Morgan fingerprint density at radius 1 is 1.21 bits per heavy atom. The number of rotatable bonds is 3. The lowest BCUT2D eigenvalue weighted by Crippen LogP contribution is -2.42. The maximum atomic E-state index is 13.4. The number of alkyl halides is 1. The second kappa shape index (κ2) is 5.08. The van der Waals surface area contributed by atoms with Crippen molar-refractivity contribution in [1.29, 1.82) is 0 Å². The van der Waals surface area contributed by atoms with Crippen LogP contribution < -0.4 is 5.32 Å². The van der Waals surface area contributed by atoms with Gasteiger partial charge in [-0.2, -0.15) is 0 Å². The molecule has 1 heterocycles. The number of ether oxygens (including phenoxy) is 1. The van der Waals surface area contributed by atoms with Crippen LogP contribution in [0.5, 0.6) is 0 Å². The summed E-state index contributed by atoms with van der Waals surface area (Å²) in [6.07, 6.45) is 4.51. The van der Waals surface area contributed by atoms with Gasteiger partial charge in [-0.15, -0.1) is 0 Å². The normalized spacial score (nSPS) is 38.8. The van der Waals surface area contributed by atoms with Gasteiger partial charge >= 0.3 is 0 Å². The standard InChI is InChI=1S/C11H20FNO/c12-10-3-1-2-4-11(10)13-7-9-5-6-14-8-9/h9-11,13H,1-8H2/t9?,10-,11-/m1/s1. The second-order valence-corrected chi connectivity index (χ2v) is 4.54. The number of hydrogen-bond donors (Lipinski definition) is 1. The van der Waals surface area contributed by atoms with Crippen LogP contribution in [-0.2, 0) is 4.74 Å². The maximum absolute atomic E-state index is 13.4. The van der Waals surface area contributed by atoms with Gasteiger partial charge in [0.1, 0.15) is 6.17 Å². The van der Waals surface area contributed by atoms with Crippen LogP contribution in [0.1, 0.15) is 32.1 Å². The minimum atomic E-state index is -0.619. The summed E-state index contributed by atoms with van der Waals surface area (Å²) in [5.41, 5.74) is 0. The molecule has 3 atom stereocenters. The molecule has 0 aromatic rings. The molecular weight excluding hydrogens is 181 g/mol. The molecule has 1 aliphatic carbocycles. The van der Waals surface area contributed by atoms with Gasteiger partial charge in [-0.3, -0.25) is 0 Å². The van der Waals surface area contributed by atoms with E-state index in [1.807, 2.05) is 0 Å². The number of nitrogens with one attached hydrogen (secondary N) is 1. The molecule has 0 bridgehead atoms. The largest absolute Gasteiger partial charge is 0.381 e. The van der Waals surface area contributed by atoms with Crippen LogP contribution >= 0.6 is 0 Å². The molecule has 2 rings (SSSR count). The number of halogens is 1. The van der Waals surface area contributed by atoms with Crippen molar-refractivity contribution in [3.05, 3.63) is 0 Å². The van der Waals surface area contributed by atoms with Crippen LogP contribution in [0.15, 0.2) is 0 Å². The molecule has 2 aliphatic rings. The van der Waals surface area contributed by atoms with Gasteiger partial charge in [-0.1, -0.05) is 12.8 Å². The molecular formula is C11H20FNO. The van der Waals surface area contributed by atoms with E-state index in [1.54, 1.807) is 0 Å². The van der Waals surface area contributed by atoms with Gasteiger partial charge < -0.3 is 10.1 Å². The molecule has 0 amide bonds. The summed E-state index contributed by atoms with van der Waals surface area (Å²) in [4.78, 5) is 0. The van der Waals surface area contributed by atoms with Crippen LogP contribution in [0.3, 0.4) is 0 Å². The van der Waals surface area contributed by atoms with Crippen molar-refractivity contribution in [1.82, 2.24) is 5.32 Å². The van der Waals surface area contributed by atoms with Crippen LogP contribution in [0, 0.1) is 5.92 Å². The Bertz CT molecular complexity index is 171. The highest BCUT2D eigenvalue weighted by atomic mass is 19.1. The van der Waals surface area contributed by atoms with Gasteiger partial charge in [0.25, 0.3) is 0 Å². The maximum Gasteiger partial charge on any atom is 0.115 e. The third-order valence-corrected chi connectivity index (χ3v) is 3.37. The second-order valence-electron chi connectivity index (χ2n) is 4.54. The fourth-order valence-electron chi connectivity index (χ4n) is 2.38. The summed E-state index contributed by atoms with van der Waals surface area (Å²) in [6.45, 7) is 2.68. The first-order valence-corrected chi connectivity index (χ1v) is 5.81. The van der Waals surface area contributed by atoms with E-state index in [0.29, 0.717) is 5.92 Å². The molecule has 82 valence electrons. The van der Waals surface area contributed by atoms with Crippen molar-refractivity contribution in [2.24, 2.45) is 5.92 Å². The third kappa shape index (κ3) is 2.67. The van der Waals surface area contributed by atoms with E-state index in [1.165, 1.54) is 6.42 Å².